The second-order valence-corrected chi connectivity index (χ2v) is 6.06. The Labute approximate surface area is 114 Å². The Hall–Kier alpha value is -0.630. The van der Waals surface area contributed by atoms with Crippen LogP contribution in [0.2, 0.25) is 0 Å². The summed E-state index contributed by atoms with van der Waals surface area (Å²) in [4.78, 5) is 0.269. The first-order valence-electron chi connectivity index (χ1n) is 5.72. The van der Waals surface area contributed by atoms with Crippen LogP contribution in [-0.4, -0.2) is 37.3 Å². The van der Waals surface area contributed by atoms with Gasteiger partial charge in [-0.15, -0.1) is 12.4 Å². The van der Waals surface area contributed by atoms with E-state index in [0.29, 0.717) is 12.2 Å². The van der Waals surface area contributed by atoms with E-state index in [1.54, 1.807) is 18.7 Å². The molecule has 0 radical (unpaired) electrons. The highest BCUT2D eigenvalue weighted by molar-refractivity contribution is 7.89. The first-order chi connectivity index (χ1) is 8.00. The molecule has 0 unspecified atom stereocenters. The average Bonchev–Trinajstić information content (AvgIpc) is 2.61. The highest BCUT2D eigenvalue weighted by Crippen LogP contribution is 2.14. The molecule has 1 saturated heterocycles. The summed E-state index contributed by atoms with van der Waals surface area (Å²) in [5, 5.41) is 7.14. The van der Waals surface area contributed by atoms with Crippen LogP contribution in [0.25, 0.3) is 0 Å². The van der Waals surface area contributed by atoms with Gasteiger partial charge in [0.15, 0.2) is 0 Å². The summed E-state index contributed by atoms with van der Waals surface area (Å²) in [6.45, 7) is 3.41. The fourth-order valence-electron chi connectivity index (χ4n) is 1.98. The van der Waals surface area contributed by atoms with Crippen molar-refractivity contribution in [3.05, 3.63) is 11.9 Å². The van der Waals surface area contributed by atoms with Gasteiger partial charge in [-0.05, 0) is 26.3 Å². The molecule has 2 N–H and O–H groups in total. The van der Waals surface area contributed by atoms with Gasteiger partial charge < -0.3 is 5.32 Å². The number of halogens is 1. The van der Waals surface area contributed by atoms with Crippen molar-refractivity contribution in [2.75, 3.05) is 13.1 Å². The van der Waals surface area contributed by atoms with Crippen LogP contribution in [0.1, 0.15) is 18.5 Å². The van der Waals surface area contributed by atoms with E-state index in [2.05, 4.69) is 15.1 Å². The minimum atomic E-state index is -3.44. The summed E-state index contributed by atoms with van der Waals surface area (Å²) in [7, 11) is -1.71. The average molecular weight is 295 g/mol. The topological polar surface area (TPSA) is 76.0 Å². The molecule has 1 aromatic heterocycles. The highest BCUT2D eigenvalue weighted by Gasteiger charge is 2.24. The van der Waals surface area contributed by atoms with Crippen molar-refractivity contribution in [1.82, 2.24) is 19.8 Å². The normalized spacial score (nSPS) is 20.4. The Kier molecular flexibility index (Phi) is 5.15. The molecule has 0 bridgehead atoms. The predicted octanol–water partition coefficient (Wildman–Crippen LogP) is 0.181. The smallest absolute Gasteiger partial charge is 0.244 e. The summed E-state index contributed by atoms with van der Waals surface area (Å²) in [5.41, 5.74) is 0.654. The molecule has 104 valence electrons. The largest absolute Gasteiger partial charge is 0.315 e. The Bertz CT molecular complexity index is 494. The summed E-state index contributed by atoms with van der Waals surface area (Å²) in [5.74, 6) is 0. The van der Waals surface area contributed by atoms with E-state index in [-0.39, 0.29) is 23.3 Å². The van der Waals surface area contributed by atoms with E-state index in [0.717, 1.165) is 19.4 Å². The van der Waals surface area contributed by atoms with Crippen molar-refractivity contribution in [3.63, 3.8) is 0 Å². The van der Waals surface area contributed by atoms with Crippen molar-refractivity contribution in [2.24, 2.45) is 7.05 Å². The van der Waals surface area contributed by atoms with E-state index < -0.39 is 10.0 Å². The highest BCUT2D eigenvalue weighted by atomic mass is 35.5. The lowest BCUT2D eigenvalue weighted by atomic mass is 10.1. The van der Waals surface area contributed by atoms with Crippen molar-refractivity contribution in [3.8, 4) is 0 Å². The van der Waals surface area contributed by atoms with Crippen LogP contribution >= 0.6 is 12.4 Å². The van der Waals surface area contributed by atoms with E-state index >= 15 is 0 Å². The van der Waals surface area contributed by atoms with Crippen LogP contribution in [0, 0.1) is 6.92 Å². The maximum Gasteiger partial charge on any atom is 0.244 e. The lowest BCUT2D eigenvalue weighted by molar-refractivity contribution is 0.428. The molecule has 18 heavy (non-hydrogen) atoms. The van der Waals surface area contributed by atoms with Crippen LogP contribution in [-0.2, 0) is 17.1 Å². The molecular formula is C10H19ClN4O2S. The number of rotatable bonds is 3. The molecule has 0 aromatic carbocycles. The van der Waals surface area contributed by atoms with Gasteiger partial charge in [-0.25, -0.2) is 13.1 Å². The molecule has 1 aliphatic heterocycles. The molecule has 0 amide bonds. The Morgan fingerprint density at radius 3 is 2.78 bits per heavy atom. The van der Waals surface area contributed by atoms with Crippen molar-refractivity contribution in [2.45, 2.75) is 30.7 Å². The lowest BCUT2D eigenvalue weighted by Crippen LogP contribution is -2.45. The Balaban J connectivity index is 0.00000162. The molecule has 2 rings (SSSR count). The molecule has 2 heterocycles. The van der Waals surface area contributed by atoms with Crippen LogP contribution < -0.4 is 10.0 Å². The third-order valence-electron chi connectivity index (χ3n) is 3.10. The number of aryl methyl sites for hydroxylation is 1. The number of aromatic nitrogens is 2. The van der Waals surface area contributed by atoms with Crippen molar-refractivity contribution >= 4 is 22.4 Å². The molecule has 1 aromatic rings. The maximum absolute atomic E-state index is 12.1. The number of nitrogens with zero attached hydrogens (tertiary/aromatic N) is 2. The molecule has 0 aliphatic carbocycles. The Morgan fingerprint density at radius 1 is 1.56 bits per heavy atom. The quantitative estimate of drug-likeness (QED) is 0.834. The van der Waals surface area contributed by atoms with Crippen LogP contribution in [0.15, 0.2) is 11.1 Å². The summed E-state index contributed by atoms with van der Waals surface area (Å²) < 4.78 is 28.6. The fraction of sp³-hybridized carbons (Fsp3) is 0.700. The van der Waals surface area contributed by atoms with Gasteiger partial charge >= 0.3 is 0 Å². The SMILES string of the molecule is Cc1c(S(=O)(=O)N[C@@H]2CCCNC2)cnn1C.Cl. The van der Waals surface area contributed by atoms with Crippen LogP contribution in [0.4, 0.5) is 0 Å². The lowest BCUT2D eigenvalue weighted by Gasteiger charge is -2.23. The third-order valence-corrected chi connectivity index (χ3v) is 4.72. The van der Waals surface area contributed by atoms with E-state index in [1.165, 1.54) is 6.20 Å². The van der Waals surface area contributed by atoms with E-state index in [1.807, 2.05) is 0 Å². The van der Waals surface area contributed by atoms with Crippen LogP contribution in [0.3, 0.4) is 0 Å². The Morgan fingerprint density at radius 2 is 2.28 bits per heavy atom. The number of hydrogen-bond donors (Lipinski definition) is 2. The molecule has 6 nitrogen and oxygen atoms in total. The second kappa shape index (κ2) is 6.01. The van der Waals surface area contributed by atoms with E-state index in [4.69, 9.17) is 0 Å². The fourth-order valence-corrected chi connectivity index (χ4v) is 3.45. The number of hydrogen-bond acceptors (Lipinski definition) is 4. The number of nitrogens with one attached hydrogen (secondary N) is 2. The number of piperidine rings is 1. The zero-order valence-corrected chi connectivity index (χ0v) is 12.1. The van der Waals surface area contributed by atoms with Gasteiger partial charge in [-0.3, -0.25) is 4.68 Å². The summed E-state index contributed by atoms with van der Waals surface area (Å²) in [6, 6.07) is -0.0200. The van der Waals surface area contributed by atoms with Gasteiger partial charge in [-0.1, -0.05) is 0 Å². The molecule has 1 atom stereocenters. The molecule has 0 spiro atoms. The van der Waals surface area contributed by atoms with Gasteiger partial charge in [0, 0.05) is 19.6 Å². The van der Waals surface area contributed by atoms with Crippen molar-refractivity contribution in [1.29, 1.82) is 0 Å². The monoisotopic (exact) mass is 294 g/mol. The molecule has 1 aliphatic rings. The number of sulfonamides is 1. The predicted molar refractivity (Wildman–Crippen MR) is 71.4 cm³/mol. The second-order valence-electron chi connectivity index (χ2n) is 4.38. The standard InChI is InChI=1S/C10H18N4O2S.ClH/c1-8-10(7-12-14(8)2)17(15,16)13-9-4-3-5-11-6-9;/h7,9,11,13H,3-6H2,1-2H3;1H/t9-;/m1./s1. The molecular weight excluding hydrogens is 276 g/mol. The van der Waals surface area contributed by atoms with Crippen molar-refractivity contribution < 1.29 is 8.42 Å². The molecule has 0 saturated carbocycles. The first-order valence-corrected chi connectivity index (χ1v) is 7.20. The zero-order chi connectivity index (χ0) is 12.5. The molecule has 1 fully saturated rings. The van der Waals surface area contributed by atoms with Gasteiger partial charge in [0.1, 0.15) is 4.90 Å². The minimum Gasteiger partial charge on any atom is -0.315 e. The first kappa shape index (κ1) is 15.4. The maximum atomic E-state index is 12.1. The summed E-state index contributed by atoms with van der Waals surface area (Å²) in [6.07, 6.45) is 3.28. The van der Waals surface area contributed by atoms with Crippen LogP contribution in [0.5, 0.6) is 0 Å². The van der Waals surface area contributed by atoms with Gasteiger partial charge in [-0.2, -0.15) is 5.10 Å². The molecule has 8 heteroatoms. The van der Waals surface area contributed by atoms with Gasteiger partial charge in [0.05, 0.1) is 11.9 Å². The van der Waals surface area contributed by atoms with Gasteiger partial charge in [0.25, 0.3) is 0 Å². The van der Waals surface area contributed by atoms with E-state index in [9.17, 15) is 8.42 Å². The minimum absolute atomic E-state index is 0. The zero-order valence-electron chi connectivity index (χ0n) is 10.5. The third kappa shape index (κ3) is 3.23. The summed E-state index contributed by atoms with van der Waals surface area (Å²) >= 11 is 0. The van der Waals surface area contributed by atoms with Gasteiger partial charge in [0.2, 0.25) is 10.0 Å².